The first-order chi connectivity index (χ1) is 13.3. The normalized spacial score (nSPS) is 14.9. The predicted molar refractivity (Wildman–Crippen MR) is 96.0 cm³/mol. The maximum Gasteiger partial charge on any atom is 0.345 e. The van der Waals surface area contributed by atoms with E-state index in [9.17, 15) is 25.0 Å². The van der Waals surface area contributed by atoms with E-state index in [-0.39, 0.29) is 29.6 Å². The molecule has 2 rings (SSSR count). The largest absolute Gasteiger partial charge is 0.493 e. The van der Waals surface area contributed by atoms with E-state index in [0.717, 1.165) is 25.0 Å². The number of carbonyl (C=O) groups excluding carboxylic acids is 2. The molecule has 1 aliphatic rings. The molecule has 1 aromatic rings. The molecule has 10 nitrogen and oxygen atoms in total. The molecule has 0 spiro atoms. The van der Waals surface area contributed by atoms with Gasteiger partial charge in [0.25, 0.3) is 11.6 Å². The molecule has 1 N–H and O–H groups in total. The summed E-state index contributed by atoms with van der Waals surface area (Å²) >= 11 is 0. The van der Waals surface area contributed by atoms with Gasteiger partial charge >= 0.3 is 5.97 Å². The zero-order valence-electron chi connectivity index (χ0n) is 15.8. The fourth-order valence-corrected chi connectivity index (χ4v) is 2.71. The van der Waals surface area contributed by atoms with E-state index in [1.807, 2.05) is 0 Å². The first-order valence-corrected chi connectivity index (χ1v) is 8.64. The van der Waals surface area contributed by atoms with Crippen LogP contribution >= 0.6 is 0 Å². The number of hydrogen-bond acceptors (Lipinski definition) is 8. The number of nitriles is 1. The highest BCUT2D eigenvalue weighted by molar-refractivity contribution is 5.96. The van der Waals surface area contributed by atoms with Crippen LogP contribution in [-0.4, -0.2) is 42.7 Å². The van der Waals surface area contributed by atoms with Crippen molar-refractivity contribution in [3.8, 4) is 17.6 Å². The van der Waals surface area contributed by atoms with Crippen LogP contribution < -0.4 is 14.8 Å². The molecule has 0 aliphatic heterocycles. The van der Waals surface area contributed by atoms with Gasteiger partial charge in [-0.05, 0) is 32.6 Å². The molecular formula is C18H21N3O7. The van der Waals surface area contributed by atoms with Crippen molar-refractivity contribution in [3.05, 3.63) is 27.8 Å². The summed E-state index contributed by atoms with van der Waals surface area (Å²) in [6.07, 6.45) is 1.67. The van der Waals surface area contributed by atoms with E-state index >= 15 is 0 Å². The smallest absolute Gasteiger partial charge is 0.345 e. The Hall–Kier alpha value is -3.35. The summed E-state index contributed by atoms with van der Waals surface area (Å²) < 4.78 is 15.3. The van der Waals surface area contributed by atoms with Gasteiger partial charge in [-0.15, -0.1) is 0 Å². The van der Waals surface area contributed by atoms with Crippen LogP contribution in [0.3, 0.4) is 0 Å². The first-order valence-electron chi connectivity index (χ1n) is 8.64. The Morgan fingerprint density at radius 1 is 1.39 bits per heavy atom. The van der Waals surface area contributed by atoms with Crippen LogP contribution in [0.25, 0.3) is 0 Å². The van der Waals surface area contributed by atoms with Gasteiger partial charge in [-0.3, -0.25) is 14.9 Å². The summed E-state index contributed by atoms with van der Waals surface area (Å²) in [5, 5.41) is 23.1. The Kier molecular flexibility index (Phi) is 6.41. The highest BCUT2D eigenvalue weighted by Crippen LogP contribution is 2.39. The van der Waals surface area contributed by atoms with Gasteiger partial charge in [0.05, 0.1) is 30.8 Å². The minimum atomic E-state index is -1.06. The van der Waals surface area contributed by atoms with Crippen molar-refractivity contribution in [3.63, 3.8) is 0 Å². The third-order valence-corrected chi connectivity index (χ3v) is 4.36. The highest BCUT2D eigenvalue weighted by Gasteiger charge is 2.43. The van der Waals surface area contributed by atoms with E-state index in [1.165, 1.54) is 7.11 Å². The second kappa shape index (κ2) is 8.56. The Morgan fingerprint density at radius 2 is 2.07 bits per heavy atom. The zero-order chi connectivity index (χ0) is 20.9. The number of nitro benzene ring substituents is 1. The number of rotatable bonds is 9. The Morgan fingerprint density at radius 3 is 2.57 bits per heavy atom. The lowest BCUT2D eigenvalue weighted by molar-refractivity contribution is -0.385. The van der Waals surface area contributed by atoms with Gasteiger partial charge in [-0.1, -0.05) is 0 Å². The van der Waals surface area contributed by atoms with Crippen molar-refractivity contribution < 1.29 is 28.7 Å². The van der Waals surface area contributed by atoms with Crippen LogP contribution in [0.15, 0.2) is 12.1 Å². The van der Waals surface area contributed by atoms with Gasteiger partial charge in [0, 0.05) is 6.07 Å². The van der Waals surface area contributed by atoms with Crippen molar-refractivity contribution in [1.29, 1.82) is 5.26 Å². The number of hydrogen-bond donors (Lipinski definition) is 1. The van der Waals surface area contributed by atoms with Gasteiger partial charge in [-0.25, -0.2) is 4.79 Å². The van der Waals surface area contributed by atoms with Crippen molar-refractivity contribution >= 4 is 17.6 Å². The second-order valence-corrected chi connectivity index (χ2v) is 6.42. The molecule has 10 heteroatoms. The molecule has 1 fully saturated rings. The number of methoxy groups -OCH3 is 1. The number of esters is 1. The summed E-state index contributed by atoms with van der Waals surface area (Å²) in [5.41, 5.74) is -1.93. The lowest BCUT2D eigenvalue weighted by Gasteiger charge is -2.22. The number of carbonyl (C=O) groups is 2. The Balaban J connectivity index is 2.14. The highest BCUT2D eigenvalue weighted by atomic mass is 16.6. The van der Waals surface area contributed by atoms with Crippen LogP contribution in [0, 0.1) is 27.4 Å². The van der Waals surface area contributed by atoms with Crippen molar-refractivity contribution in [2.75, 3.05) is 20.3 Å². The van der Waals surface area contributed by atoms with Crippen LogP contribution in [-0.2, 0) is 9.53 Å². The molecule has 150 valence electrons. The average Bonchev–Trinajstić information content (AvgIpc) is 3.51. The molecule has 1 atom stereocenters. The molecule has 1 saturated carbocycles. The summed E-state index contributed by atoms with van der Waals surface area (Å²) in [6, 6.07) is 4.26. The van der Waals surface area contributed by atoms with Crippen molar-refractivity contribution in [1.82, 2.24) is 5.32 Å². The molecule has 1 aromatic carbocycles. The van der Waals surface area contributed by atoms with Gasteiger partial charge < -0.3 is 19.5 Å². The average molecular weight is 391 g/mol. The quantitative estimate of drug-likeness (QED) is 0.383. The van der Waals surface area contributed by atoms with Crippen LogP contribution in [0.2, 0.25) is 0 Å². The summed E-state index contributed by atoms with van der Waals surface area (Å²) in [7, 11) is 1.32. The lowest BCUT2D eigenvalue weighted by atomic mass is 9.98. The second-order valence-electron chi connectivity index (χ2n) is 6.42. The zero-order valence-corrected chi connectivity index (χ0v) is 15.8. The van der Waals surface area contributed by atoms with E-state index in [0.29, 0.717) is 0 Å². The van der Waals surface area contributed by atoms with Crippen LogP contribution in [0.5, 0.6) is 11.5 Å². The topological polar surface area (TPSA) is 141 Å². The van der Waals surface area contributed by atoms with Crippen molar-refractivity contribution in [2.45, 2.75) is 32.2 Å². The van der Waals surface area contributed by atoms with Crippen LogP contribution in [0.1, 0.15) is 37.0 Å². The summed E-state index contributed by atoms with van der Waals surface area (Å²) in [5.74, 6) is -1.43. The monoisotopic (exact) mass is 391 g/mol. The van der Waals surface area contributed by atoms with Gasteiger partial charge in [0.2, 0.25) is 0 Å². The van der Waals surface area contributed by atoms with Gasteiger partial charge in [0.15, 0.2) is 18.1 Å². The molecule has 0 bridgehead atoms. The summed E-state index contributed by atoms with van der Waals surface area (Å²) in [6.45, 7) is 2.89. The molecule has 0 aromatic heterocycles. The van der Waals surface area contributed by atoms with Gasteiger partial charge in [-0.2, -0.15) is 5.26 Å². The van der Waals surface area contributed by atoms with Gasteiger partial charge in [0.1, 0.15) is 11.1 Å². The first kappa shape index (κ1) is 21.0. The fourth-order valence-electron chi connectivity index (χ4n) is 2.71. The number of nitrogens with one attached hydrogen (secondary N) is 1. The molecule has 0 heterocycles. The third-order valence-electron chi connectivity index (χ3n) is 4.36. The predicted octanol–water partition coefficient (Wildman–Crippen LogP) is 1.97. The minimum absolute atomic E-state index is 0.0635. The molecular weight excluding hydrogens is 370 g/mol. The van der Waals surface area contributed by atoms with E-state index in [1.54, 1.807) is 13.8 Å². The number of nitro groups is 1. The molecule has 0 saturated heterocycles. The SMILES string of the molecule is CCOc1cc(C(=O)OCC(=O)N[C@](C)(C#N)C2CC2)c([N+](=O)[O-])cc1OC. The molecule has 0 unspecified atom stereocenters. The Bertz CT molecular complexity index is 829. The molecule has 28 heavy (non-hydrogen) atoms. The molecule has 0 radical (unpaired) electrons. The van der Waals surface area contributed by atoms with E-state index in [2.05, 4.69) is 11.4 Å². The fraction of sp³-hybridized carbons (Fsp3) is 0.500. The standard InChI is InChI=1S/C18H21N3O7/c1-4-27-15-7-12(13(21(24)25)8-14(15)26-3)17(23)28-9-16(22)20-18(2,10-19)11-5-6-11/h7-8,11H,4-6,9H2,1-3H3,(H,20,22)/t18-/m1/s1. The lowest BCUT2D eigenvalue weighted by Crippen LogP contribution is -2.48. The molecule has 1 amide bonds. The Labute approximate surface area is 161 Å². The number of ether oxygens (including phenoxy) is 3. The van der Waals surface area contributed by atoms with Crippen molar-refractivity contribution in [2.24, 2.45) is 5.92 Å². The number of amides is 1. The van der Waals surface area contributed by atoms with E-state index in [4.69, 9.17) is 14.2 Å². The number of benzene rings is 1. The molecule has 1 aliphatic carbocycles. The number of nitrogens with zero attached hydrogens (tertiary/aromatic N) is 2. The van der Waals surface area contributed by atoms with E-state index < -0.39 is 34.6 Å². The maximum absolute atomic E-state index is 12.3. The third kappa shape index (κ3) is 4.68. The maximum atomic E-state index is 12.3. The van der Waals surface area contributed by atoms with Crippen LogP contribution in [0.4, 0.5) is 5.69 Å². The summed E-state index contributed by atoms with van der Waals surface area (Å²) in [4.78, 5) is 34.9. The minimum Gasteiger partial charge on any atom is -0.493 e.